The maximum Gasteiger partial charge on any atom is 0.268 e. The minimum Gasteiger partial charge on any atom is -0.384 e. The summed E-state index contributed by atoms with van der Waals surface area (Å²) in [6.07, 6.45) is 3.98. The van der Waals surface area contributed by atoms with Gasteiger partial charge in [-0.15, -0.1) is 0 Å². The zero-order valence-corrected chi connectivity index (χ0v) is 10.4. The number of hydrogen-bond acceptors (Lipinski definition) is 3. The Morgan fingerprint density at radius 2 is 2.25 bits per heavy atom. The van der Waals surface area contributed by atoms with Gasteiger partial charge in [0.15, 0.2) is 0 Å². The maximum absolute atomic E-state index is 11.7. The first-order valence-electron chi connectivity index (χ1n) is 5.98. The van der Waals surface area contributed by atoms with Crippen molar-refractivity contribution in [2.45, 2.75) is 40.2 Å². The van der Waals surface area contributed by atoms with Gasteiger partial charge in [-0.3, -0.25) is 4.79 Å². The molecule has 90 valence electrons. The second kappa shape index (κ2) is 6.30. The molecule has 0 aliphatic heterocycles. The van der Waals surface area contributed by atoms with Crippen molar-refractivity contribution >= 4 is 5.69 Å². The molecule has 1 unspecified atom stereocenters. The van der Waals surface area contributed by atoms with E-state index in [0.717, 1.165) is 25.1 Å². The van der Waals surface area contributed by atoms with Gasteiger partial charge in [0.2, 0.25) is 0 Å². The number of aromatic nitrogens is 2. The first-order valence-corrected chi connectivity index (χ1v) is 5.98. The molecule has 0 bridgehead atoms. The Morgan fingerprint density at radius 1 is 1.50 bits per heavy atom. The fourth-order valence-electron chi connectivity index (χ4n) is 1.75. The van der Waals surface area contributed by atoms with Gasteiger partial charge in [0.05, 0.1) is 11.9 Å². The van der Waals surface area contributed by atoms with Crippen LogP contribution in [0.4, 0.5) is 5.69 Å². The fraction of sp³-hybridized carbons (Fsp3) is 0.667. The molecule has 16 heavy (non-hydrogen) atoms. The Morgan fingerprint density at radius 3 is 2.81 bits per heavy atom. The molecule has 0 amide bonds. The molecule has 0 spiro atoms. The highest BCUT2D eigenvalue weighted by molar-refractivity contribution is 5.38. The highest BCUT2D eigenvalue weighted by Crippen LogP contribution is 2.06. The average Bonchev–Trinajstić information content (AvgIpc) is 2.23. The lowest BCUT2D eigenvalue weighted by Crippen LogP contribution is -2.25. The lowest BCUT2D eigenvalue weighted by atomic mass is 10.1. The van der Waals surface area contributed by atoms with Crippen LogP contribution in [0.5, 0.6) is 0 Å². The van der Waals surface area contributed by atoms with Gasteiger partial charge in [0.25, 0.3) is 5.56 Å². The molecule has 1 aromatic heterocycles. The van der Waals surface area contributed by atoms with Crippen LogP contribution in [0.3, 0.4) is 0 Å². The van der Waals surface area contributed by atoms with Crippen LogP contribution in [-0.4, -0.2) is 16.3 Å². The molecule has 0 aromatic carbocycles. The predicted octanol–water partition coefficient (Wildman–Crippen LogP) is 2.11. The number of anilines is 1. The molecule has 0 aliphatic rings. The minimum atomic E-state index is -0.0265. The van der Waals surface area contributed by atoms with Gasteiger partial charge in [-0.1, -0.05) is 20.3 Å². The molecule has 1 atom stereocenters. The summed E-state index contributed by atoms with van der Waals surface area (Å²) < 4.78 is 1.54. The monoisotopic (exact) mass is 223 g/mol. The summed E-state index contributed by atoms with van der Waals surface area (Å²) in [5, 5.41) is 7.24. The Bertz CT molecular complexity index is 373. The van der Waals surface area contributed by atoms with Crippen LogP contribution in [0.2, 0.25) is 0 Å². The van der Waals surface area contributed by atoms with Crippen molar-refractivity contribution in [3.63, 3.8) is 0 Å². The zero-order chi connectivity index (χ0) is 12.0. The van der Waals surface area contributed by atoms with Gasteiger partial charge in [-0.2, -0.15) is 5.10 Å². The van der Waals surface area contributed by atoms with Crippen LogP contribution in [0.15, 0.2) is 17.1 Å². The van der Waals surface area contributed by atoms with Crippen molar-refractivity contribution < 1.29 is 0 Å². The summed E-state index contributed by atoms with van der Waals surface area (Å²) in [7, 11) is 0. The second-order valence-corrected chi connectivity index (χ2v) is 4.19. The Labute approximate surface area is 96.7 Å². The van der Waals surface area contributed by atoms with Gasteiger partial charge in [-0.25, -0.2) is 4.68 Å². The molecule has 0 aliphatic carbocycles. The first kappa shape index (κ1) is 12.7. The third-order valence-electron chi connectivity index (χ3n) is 2.52. The quantitative estimate of drug-likeness (QED) is 0.803. The lowest BCUT2D eigenvalue weighted by molar-refractivity contribution is 0.408. The average molecular weight is 223 g/mol. The molecule has 0 saturated carbocycles. The summed E-state index contributed by atoms with van der Waals surface area (Å²) in [4.78, 5) is 11.7. The van der Waals surface area contributed by atoms with E-state index in [0.29, 0.717) is 12.5 Å². The Hall–Kier alpha value is -1.32. The summed E-state index contributed by atoms with van der Waals surface area (Å²) in [5.74, 6) is 0.500. The maximum atomic E-state index is 11.7. The van der Waals surface area contributed by atoms with Gasteiger partial charge in [0, 0.05) is 19.2 Å². The summed E-state index contributed by atoms with van der Waals surface area (Å²) in [6.45, 7) is 7.81. The van der Waals surface area contributed by atoms with E-state index >= 15 is 0 Å². The highest BCUT2D eigenvalue weighted by atomic mass is 16.1. The minimum absolute atomic E-state index is 0.0265. The molecule has 0 fully saturated rings. The predicted molar refractivity (Wildman–Crippen MR) is 66.7 cm³/mol. The fourth-order valence-corrected chi connectivity index (χ4v) is 1.75. The summed E-state index contributed by atoms with van der Waals surface area (Å²) >= 11 is 0. The molecule has 1 heterocycles. The number of hydrogen-bond donors (Lipinski definition) is 1. The van der Waals surface area contributed by atoms with E-state index in [9.17, 15) is 4.79 Å². The summed E-state index contributed by atoms with van der Waals surface area (Å²) in [5.41, 5.74) is 0.772. The summed E-state index contributed by atoms with van der Waals surface area (Å²) in [6, 6.07) is 1.61. The van der Waals surface area contributed by atoms with Crippen molar-refractivity contribution in [2.24, 2.45) is 5.92 Å². The number of nitrogens with one attached hydrogen (secondary N) is 1. The molecule has 1 N–H and O–H groups in total. The SMILES string of the molecule is CCCC(C)Cn1ncc(NCC)cc1=O. The molecular weight excluding hydrogens is 202 g/mol. The van der Waals surface area contributed by atoms with Gasteiger partial charge in [0.1, 0.15) is 0 Å². The Balaban J connectivity index is 2.71. The van der Waals surface area contributed by atoms with E-state index in [1.54, 1.807) is 16.9 Å². The van der Waals surface area contributed by atoms with Crippen LogP contribution in [0, 0.1) is 5.92 Å². The molecule has 0 saturated heterocycles. The van der Waals surface area contributed by atoms with Gasteiger partial charge >= 0.3 is 0 Å². The van der Waals surface area contributed by atoms with E-state index in [2.05, 4.69) is 24.3 Å². The van der Waals surface area contributed by atoms with E-state index in [1.807, 2.05) is 6.92 Å². The van der Waals surface area contributed by atoms with Crippen molar-refractivity contribution in [2.75, 3.05) is 11.9 Å². The highest BCUT2D eigenvalue weighted by Gasteiger charge is 2.05. The van der Waals surface area contributed by atoms with E-state index in [1.165, 1.54) is 0 Å². The first-order chi connectivity index (χ1) is 7.67. The molecular formula is C12H21N3O. The van der Waals surface area contributed by atoms with Crippen LogP contribution < -0.4 is 10.9 Å². The van der Waals surface area contributed by atoms with Crippen LogP contribution in [0.1, 0.15) is 33.6 Å². The standard InChI is InChI=1S/C12H21N3O/c1-4-6-10(3)9-15-12(16)7-11(8-14-15)13-5-2/h7-8,10,13H,4-6,9H2,1-3H3. The molecule has 1 rings (SSSR count). The van der Waals surface area contributed by atoms with Crippen molar-refractivity contribution in [3.8, 4) is 0 Å². The van der Waals surface area contributed by atoms with Crippen molar-refractivity contribution in [1.29, 1.82) is 0 Å². The lowest BCUT2D eigenvalue weighted by Gasteiger charge is -2.11. The normalized spacial score (nSPS) is 12.4. The zero-order valence-electron chi connectivity index (χ0n) is 10.4. The van der Waals surface area contributed by atoms with E-state index in [-0.39, 0.29) is 5.56 Å². The number of nitrogens with zero attached hydrogens (tertiary/aromatic N) is 2. The van der Waals surface area contributed by atoms with Crippen molar-refractivity contribution in [1.82, 2.24) is 9.78 Å². The Kier molecular flexibility index (Phi) is 5.02. The van der Waals surface area contributed by atoms with E-state index in [4.69, 9.17) is 0 Å². The second-order valence-electron chi connectivity index (χ2n) is 4.19. The largest absolute Gasteiger partial charge is 0.384 e. The number of rotatable bonds is 6. The van der Waals surface area contributed by atoms with Crippen molar-refractivity contribution in [3.05, 3.63) is 22.6 Å². The van der Waals surface area contributed by atoms with Gasteiger partial charge in [-0.05, 0) is 19.3 Å². The van der Waals surface area contributed by atoms with Gasteiger partial charge < -0.3 is 5.32 Å². The molecule has 1 aromatic rings. The smallest absolute Gasteiger partial charge is 0.268 e. The molecule has 0 radical (unpaired) electrons. The van der Waals surface area contributed by atoms with Crippen LogP contribution >= 0.6 is 0 Å². The topological polar surface area (TPSA) is 46.9 Å². The van der Waals surface area contributed by atoms with E-state index < -0.39 is 0 Å². The van der Waals surface area contributed by atoms with Crippen LogP contribution in [-0.2, 0) is 6.54 Å². The third kappa shape index (κ3) is 3.68. The molecule has 4 nitrogen and oxygen atoms in total. The van der Waals surface area contributed by atoms with Crippen LogP contribution in [0.25, 0.3) is 0 Å². The third-order valence-corrected chi connectivity index (χ3v) is 2.52. The molecule has 4 heteroatoms.